The molecule has 0 radical (unpaired) electrons. The molecule has 2 amide bonds. The smallest absolute Gasteiger partial charge is 0.239 e. The van der Waals surface area contributed by atoms with Crippen LogP contribution in [0.4, 0.5) is 11.4 Å². The Morgan fingerprint density at radius 3 is 2.15 bits per heavy atom. The minimum atomic E-state index is -1.29. The van der Waals surface area contributed by atoms with Crippen LogP contribution in [-0.4, -0.2) is 17.9 Å². The first kappa shape index (κ1) is 19.8. The topological polar surface area (TPSA) is 67.4 Å². The van der Waals surface area contributed by atoms with Gasteiger partial charge in [-0.2, -0.15) is 0 Å². The highest BCUT2D eigenvalue weighted by molar-refractivity contribution is 6.30. The van der Waals surface area contributed by atoms with Crippen molar-refractivity contribution in [3.63, 3.8) is 0 Å². The first-order valence-corrected chi connectivity index (χ1v) is 8.72. The number of hydrogen-bond acceptors (Lipinski definition) is 3. The molecule has 6 heteroatoms. The molecule has 0 fully saturated rings. The van der Waals surface area contributed by atoms with Gasteiger partial charge in [-0.1, -0.05) is 23.7 Å². The molecule has 26 heavy (non-hydrogen) atoms. The Morgan fingerprint density at radius 1 is 0.962 bits per heavy atom. The molecule has 138 valence electrons. The van der Waals surface area contributed by atoms with Crippen LogP contribution in [0.3, 0.4) is 0 Å². The van der Waals surface area contributed by atoms with E-state index in [1.54, 1.807) is 56.3 Å². The third-order valence-corrected chi connectivity index (χ3v) is 3.99. The van der Waals surface area contributed by atoms with Gasteiger partial charge in [0, 0.05) is 10.7 Å². The van der Waals surface area contributed by atoms with Crippen LogP contribution in [0.25, 0.3) is 0 Å². The van der Waals surface area contributed by atoms with Crippen molar-refractivity contribution in [2.45, 2.75) is 33.8 Å². The standard InChI is InChI=1S/C20H23ClN2O3/c1-13(2)26-17-8-6-5-7-16(17)23-19(25)20(3,4)18(24)22-15-11-9-14(21)10-12-15/h5-13H,1-4H3,(H,22,24)(H,23,25). The zero-order valence-electron chi connectivity index (χ0n) is 15.3. The summed E-state index contributed by atoms with van der Waals surface area (Å²) < 4.78 is 5.70. The van der Waals surface area contributed by atoms with Crippen molar-refractivity contribution in [3.8, 4) is 5.75 Å². The van der Waals surface area contributed by atoms with Crippen LogP contribution < -0.4 is 15.4 Å². The quantitative estimate of drug-likeness (QED) is 0.718. The van der Waals surface area contributed by atoms with Gasteiger partial charge in [0.1, 0.15) is 11.2 Å². The number of benzene rings is 2. The summed E-state index contributed by atoms with van der Waals surface area (Å²) in [5, 5.41) is 6.09. The number of carbonyl (C=O) groups is 2. The van der Waals surface area contributed by atoms with Crippen LogP contribution in [0.2, 0.25) is 5.02 Å². The van der Waals surface area contributed by atoms with Crippen molar-refractivity contribution in [2.75, 3.05) is 10.6 Å². The lowest BCUT2D eigenvalue weighted by molar-refractivity contribution is -0.135. The van der Waals surface area contributed by atoms with Crippen molar-refractivity contribution in [1.82, 2.24) is 0 Å². The largest absolute Gasteiger partial charge is 0.489 e. The van der Waals surface area contributed by atoms with E-state index in [9.17, 15) is 9.59 Å². The van der Waals surface area contributed by atoms with E-state index in [-0.39, 0.29) is 6.10 Å². The summed E-state index contributed by atoms with van der Waals surface area (Å²) in [7, 11) is 0. The van der Waals surface area contributed by atoms with Crippen LogP contribution in [0, 0.1) is 5.41 Å². The van der Waals surface area contributed by atoms with Crippen LogP contribution in [0.5, 0.6) is 5.75 Å². The zero-order valence-corrected chi connectivity index (χ0v) is 16.1. The molecule has 0 aliphatic carbocycles. The van der Waals surface area contributed by atoms with Gasteiger partial charge in [0.15, 0.2) is 0 Å². The maximum absolute atomic E-state index is 12.7. The molecule has 2 aromatic rings. The lowest BCUT2D eigenvalue weighted by Gasteiger charge is -2.24. The molecule has 0 unspecified atom stereocenters. The normalized spacial score (nSPS) is 11.2. The van der Waals surface area contributed by atoms with Gasteiger partial charge in [-0.25, -0.2) is 0 Å². The van der Waals surface area contributed by atoms with Crippen LogP contribution in [0.15, 0.2) is 48.5 Å². The van der Waals surface area contributed by atoms with Gasteiger partial charge in [-0.15, -0.1) is 0 Å². The molecule has 0 atom stereocenters. The number of carbonyl (C=O) groups excluding carboxylic acids is 2. The molecule has 0 saturated heterocycles. The van der Waals surface area contributed by atoms with Gasteiger partial charge in [0.25, 0.3) is 0 Å². The molecule has 0 aromatic heterocycles. The summed E-state index contributed by atoms with van der Waals surface area (Å²) >= 11 is 5.84. The molecule has 2 N–H and O–H groups in total. The SMILES string of the molecule is CC(C)Oc1ccccc1NC(=O)C(C)(C)C(=O)Nc1ccc(Cl)cc1. The molecule has 0 spiro atoms. The van der Waals surface area contributed by atoms with E-state index in [1.165, 1.54) is 0 Å². The molecule has 2 rings (SSSR count). The van der Waals surface area contributed by atoms with Crippen molar-refractivity contribution >= 4 is 34.8 Å². The number of anilines is 2. The minimum Gasteiger partial charge on any atom is -0.489 e. The van der Waals surface area contributed by atoms with E-state index in [2.05, 4.69) is 10.6 Å². The van der Waals surface area contributed by atoms with E-state index < -0.39 is 17.2 Å². The Kier molecular flexibility index (Phi) is 6.27. The van der Waals surface area contributed by atoms with Crippen LogP contribution in [-0.2, 0) is 9.59 Å². The Balaban J connectivity index is 2.12. The van der Waals surface area contributed by atoms with E-state index in [0.717, 1.165) is 0 Å². The first-order valence-electron chi connectivity index (χ1n) is 8.34. The number of halogens is 1. The summed E-state index contributed by atoms with van der Waals surface area (Å²) in [6.07, 6.45) is -0.0331. The van der Waals surface area contributed by atoms with Crippen LogP contribution >= 0.6 is 11.6 Å². The highest BCUT2D eigenvalue weighted by Gasteiger charge is 2.36. The third-order valence-electron chi connectivity index (χ3n) is 3.74. The summed E-state index contributed by atoms with van der Waals surface area (Å²) in [4.78, 5) is 25.3. The summed E-state index contributed by atoms with van der Waals surface area (Å²) in [6.45, 7) is 6.95. The number of nitrogens with one attached hydrogen (secondary N) is 2. The highest BCUT2D eigenvalue weighted by Crippen LogP contribution is 2.28. The van der Waals surface area contributed by atoms with Gasteiger partial charge in [0.2, 0.25) is 11.8 Å². The van der Waals surface area contributed by atoms with E-state index >= 15 is 0 Å². The Bertz CT molecular complexity index is 786. The molecule has 0 heterocycles. The summed E-state index contributed by atoms with van der Waals surface area (Å²) in [5.41, 5.74) is -0.188. The predicted octanol–water partition coefficient (Wildman–Crippen LogP) is 4.73. The van der Waals surface area contributed by atoms with E-state index in [4.69, 9.17) is 16.3 Å². The number of hydrogen-bond donors (Lipinski definition) is 2. The molecule has 2 aromatic carbocycles. The average Bonchev–Trinajstić information content (AvgIpc) is 2.58. The Labute approximate surface area is 158 Å². The lowest BCUT2D eigenvalue weighted by atomic mass is 9.90. The van der Waals surface area contributed by atoms with Crippen molar-refractivity contribution in [1.29, 1.82) is 0 Å². The molecule has 0 aliphatic heterocycles. The van der Waals surface area contributed by atoms with Crippen LogP contribution in [0.1, 0.15) is 27.7 Å². The maximum Gasteiger partial charge on any atom is 0.239 e. The van der Waals surface area contributed by atoms with Crippen molar-refractivity contribution < 1.29 is 14.3 Å². The van der Waals surface area contributed by atoms with Crippen molar-refractivity contribution in [2.24, 2.45) is 5.41 Å². The second kappa shape index (κ2) is 8.23. The Hall–Kier alpha value is -2.53. The van der Waals surface area contributed by atoms with Gasteiger partial charge in [-0.3, -0.25) is 9.59 Å². The Morgan fingerprint density at radius 2 is 1.54 bits per heavy atom. The molecule has 0 bridgehead atoms. The summed E-state index contributed by atoms with van der Waals surface area (Å²) in [6, 6.07) is 13.8. The molecule has 0 saturated carbocycles. The highest BCUT2D eigenvalue weighted by atomic mass is 35.5. The predicted molar refractivity (Wildman–Crippen MR) is 105 cm³/mol. The monoisotopic (exact) mass is 374 g/mol. The molecular weight excluding hydrogens is 352 g/mol. The van der Waals surface area contributed by atoms with Gasteiger partial charge in [-0.05, 0) is 64.1 Å². The van der Waals surface area contributed by atoms with Crippen molar-refractivity contribution in [3.05, 3.63) is 53.6 Å². The fourth-order valence-corrected chi connectivity index (χ4v) is 2.25. The fraction of sp³-hybridized carbons (Fsp3) is 0.300. The third kappa shape index (κ3) is 4.99. The van der Waals surface area contributed by atoms with E-state index in [0.29, 0.717) is 22.1 Å². The average molecular weight is 375 g/mol. The second-order valence-corrected chi connectivity index (χ2v) is 7.14. The first-order chi connectivity index (χ1) is 12.2. The summed E-state index contributed by atoms with van der Waals surface area (Å²) in [5.74, 6) is -0.284. The number of ether oxygens (including phenoxy) is 1. The molecular formula is C20H23ClN2O3. The maximum atomic E-state index is 12.7. The minimum absolute atomic E-state index is 0.0331. The molecule has 5 nitrogen and oxygen atoms in total. The van der Waals surface area contributed by atoms with Gasteiger partial charge >= 0.3 is 0 Å². The second-order valence-electron chi connectivity index (χ2n) is 6.70. The fourth-order valence-electron chi connectivity index (χ4n) is 2.13. The number of para-hydroxylation sites is 2. The number of rotatable bonds is 6. The van der Waals surface area contributed by atoms with Gasteiger partial charge in [0.05, 0.1) is 11.8 Å². The van der Waals surface area contributed by atoms with Gasteiger partial charge < -0.3 is 15.4 Å². The molecule has 0 aliphatic rings. The zero-order chi connectivity index (χ0) is 19.3. The number of amides is 2. The lowest BCUT2D eigenvalue weighted by Crippen LogP contribution is -2.41. The van der Waals surface area contributed by atoms with E-state index in [1.807, 2.05) is 19.9 Å².